The normalized spacial score (nSPS) is 19.6. The minimum absolute atomic E-state index is 0.715. The van der Waals surface area contributed by atoms with E-state index in [1.807, 2.05) is 6.08 Å². The average molecular weight is 130 g/mol. The van der Waals surface area contributed by atoms with E-state index in [9.17, 15) is 0 Å². The minimum atomic E-state index is 0.715. The molecule has 0 aliphatic carbocycles. The third kappa shape index (κ3) is 1.04. The van der Waals surface area contributed by atoms with E-state index in [0.29, 0.717) is 5.04 Å². The van der Waals surface area contributed by atoms with Crippen LogP contribution in [0.2, 0.25) is 0 Å². The van der Waals surface area contributed by atoms with Crippen LogP contribution in [0.1, 0.15) is 12.8 Å². The van der Waals surface area contributed by atoms with E-state index in [1.165, 1.54) is 0 Å². The van der Waals surface area contributed by atoms with Crippen LogP contribution in [0.3, 0.4) is 0 Å². The standard InChI is InChI=1S/C5H7NOS/c7-6-4-2-1-3-5(6)8/h2,4,7H,1,3H2/p+1. The molecule has 1 aliphatic heterocycles. The van der Waals surface area contributed by atoms with Gasteiger partial charge in [-0.1, -0.05) is 12.6 Å². The molecule has 0 saturated heterocycles. The zero-order valence-corrected chi connectivity index (χ0v) is 5.30. The molecule has 1 rings (SSSR count). The molecule has 0 aromatic heterocycles. The third-order valence-electron chi connectivity index (χ3n) is 1.05. The Hall–Kier alpha value is -0.440. The van der Waals surface area contributed by atoms with Gasteiger partial charge in [0.15, 0.2) is 0 Å². The van der Waals surface area contributed by atoms with Crippen LogP contribution in [0.25, 0.3) is 0 Å². The van der Waals surface area contributed by atoms with Gasteiger partial charge >= 0.3 is 0 Å². The van der Waals surface area contributed by atoms with E-state index in [1.54, 1.807) is 6.20 Å². The summed E-state index contributed by atoms with van der Waals surface area (Å²) in [6, 6.07) is 0. The summed E-state index contributed by atoms with van der Waals surface area (Å²) in [5, 5.41) is 9.53. The van der Waals surface area contributed by atoms with Gasteiger partial charge in [-0.2, -0.15) is 0 Å². The van der Waals surface area contributed by atoms with Gasteiger partial charge in [0.2, 0.25) is 6.20 Å². The fourth-order valence-corrected chi connectivity index (χ4v) is 0.783. The molecule has 0 bridgehead atoms. The van der Waals surface area contributed by atoms with Gasteiger partial charge in [0.1, 0.15) is 0 Å². The van der Waals surface area contributed by atoms with Crippen molar-refractivity contribution in [1.82, 2.24) is 0 Å². The van der Waals surface area contributed by atoms with E-state index >= 15 is 0 Å². The van der Waals surface area contributed by atoms with Crippen molar-refractivity contribution in [2.45, 2.75) is 12.8 Å². The van der Waals surface area contributed by atoms with Crippen LogP contribution in [-0.4, -0.2) is 15.0 Å². The number of hydrogen-bond donors (Lipinski definition) is 2. The molecule has 0 aromatic carbocycles. The average Bonchev–Trinajstić information content (AvgIpc) is 1.77. The molecule has 0 spiro atoms. The fraction of sp³-hybridized carbons (Fsp3) is 0.400. The predicted octanol–water partition coefficient (Wildman–Crippen LogP) is 1.02. The highest BCUT2D eigenvalue weighted by atomic mass is 32.1. The zero-order chi connectivity index (χ0) is 5.98. The molecule has 8 heavy (non-hydrogen) atoms. The largest absolute Gasteiger partial charge is 0.284 e. The quantitative estimate of drug-likeness (QED) is 0.285. The maximum Gasteiger partial charge on any atom is 0.264 e. The summed E-state index contributed by atoms with van der Waals surface area (Å²) < 4.78 is 1.03. The second kappa shape index (κ2) is 2.22. The van der Waals surface area contributed by atoms with Gasteiger partial charge < -0.3 is 0 Å². The summed E-state index contributed by atoms with van der Waals surface area (Å²) in [7, 11) is 0. The highest BCUT2D eigenvalue weighted by Gasteiger charge is 2.09. The Morgan fingerprint density at radius 2 is 2.50 bits per heavy atom. The van der Waals surface area contributed by atoms with Crippen molar-refractivity contribution in [3.05, 3.63) is 12.3 Å². The summed E-state index contributed by atoms with van der Waals surface area (Å²) in [5.74, 6) is 0. The van der Waals surface area contributed by atoms with Gasteiger partial charge in [0.25, 0.3) is 5.04 Å². The Morgan fingerprint density at radius 1 is 1.75 bits per heavy atom. The summed E-state index contributed by atoms with van der Waals surface area (Å²) in [5.41, 5.74) is 0. The Labute approximate surface area is 53.5 Å². The molecule has 0 atom stereocenters. The SMILES string of the molecule is O[N+]1=C(S)CCC=C1. The van der Waals surface area contributed by atoms with Crippen LogP contribution in [0.15, 0.2) is 12.3 Å². The lowest BCUT2D eigenvalue weighted by molar-refractivity contribution is -0.724. The maximum atomic E-state index is 8.81. The first kappa shape index (κ1) is 5.69. The molecule has 0 amide bonds. The molecule has 3 heteroatoms. The lowest BCUT2D eigenvalue weighted by Crippen LogP contribution is -2.09. The van der Waals surface area contributed by atoms with Crippen molar-refractivity contribution >= 4 is 17.7 Å². The molecule has 1 N–H and O–H groups in total. The minimum Gasteiger partial charge on any atom is -0.284 e. The van der Waals surface area contributed by atoms with Crippen LogP contribution in [-0.2, 0) is 0 Å². The molecule has 44 valence electrons. The number of hydrogen-bond acceptors (Lipinski definition) is 1. The summed E-state index contributed by atoms with van der Waals surface area (Å²) in [4.78, 5) is 0. The smallest absolute Gasteiger partial charge is 0.264 e. The van der Waals surface area contributed by atoms with Gasteiger partial charge in [-0.25, -0.2) is 0 Å². The first-order valence-corrected chi connectivity index (χ1v) is 2.95. The zero-order valence-electron chi connectivity index (χ0n) is 4.41. The van der Waals surface area contributed by atoms with Gasteiger partial charge in [-0.05, 0) is 12.5 Å². The molecular weight excluding hydrogens is 122 g/mol. The van der Waals surface area contributed by atoms with Crippen molar-refractivity contribution in [3.63, 3.8) is 0 Å². The van der Waals surface area contributed by atoms with Crippen molar-refractivity contribution in [1.29, 1.82) is 0 Å². The van der Waals surface area contributed by atoms with E-state index < -0.39 is 0 Å². The number of nitrogens with zero attached hydrogens (tertiary/aromatic N) is 1. The lowest BCUT2D eigenvalue weighted by atomic mass is 10.3. The fourth-order valence-electron chi connectivity index (χ4n) is 0.587. The first-order valence-electron chi connectivity index (χ1n) is 2.50. The van der Waals surface area contributed by atoms with Crippen molar-refractivity contribution in [2.75, 3.05) is 0 Å². The highest BCUT2D eigenvalue weighted by Crippen LogP contribution is 2.02. The number of rotatable bonds is 0. The Balaban J connectivity index is 2.76. The van der Waals surface area contributed by atoms with Crippen LogP contribution in [0.4, 0.5) is 0 Å². The molecule has 0 aromatic rings. The van der Waals surface area contributed by atoms with Crippen molar-refractivity contribution in [3.8, 4) is 0 Å². The second-order valence-electron chi connectivity index (χ2n) is 1.68. The maximum absolute atomic E-state index is 8.81. The van der Waals surface area contributed by atoms with Crippen LogP contribution in [0, 0.1) is 0 Å². The molecule has 0 radical (unpaired) electrons. The molecule has 0 fully saturated rings. The van der Waals surface area contributed by atoms with Crippen LogP contribution >= 0.6 is 12.6 Å². The van der Waals surface area contributed by atoms with Crippen molar-refractivity contribution in [2.24, 2.45) is 0 Å². The second-order valence-corrected chi connectivity index (χ2v) is 2.20. The van der Waals surface area contributed by atoms with Gasteiger partial charge in [-0.15, -0.1) is 0 Å². The summed E-state index contributed by atoms with van der Waals surface area (Å²) >= 11 is 4.00. The monoisotopic (exact) mass is 130 g/mol. The molecular formula is C5H8NOS+. The van der Waals surface area contributed by atoms with Gasteiger partial charge in [0.05, 0.1) is 0 Å². The highest BCUT2D eigenvalue weighted by molar-refractivity contribution is 7.96. The Morgan fingerprint density at radius 3 is 2.88 bits per heavy atom. The summed E-state index contributed by atoms with van der Waals surface area (Å²) in [6.07, 6.45) is 5.33. The van der Waals surface area contributed by atoms with E-state index in [-0.39, 0.29) is 0 Å². The van der Waals surface area contributed by atoms with E-state index in [4.69, 9.17) is 5.21 Å². The molecule has 1 aliphatic rings. The van der Waals surface area contributed by atoms with Crippen LogP contribution in [0.5, 0.6) is 0 Å². The van der Waals surface area contributed by atoms with Gasteiger partial charge in [-0.3, -0.25) is 5.21 Å². The summed E-state index contributed by atoms with van der Waals surface area (Å²) in [6.45, 7) is 0. The lowest BCUT2D eigenvalue weighted by Gasteiger charge is -1.94. The van der Waals surface area contributed by atoms with Gasteiger partial charge in [0, 0.05) is 11.2 Å². The number of hydroxylamine groups is 1. The third-order valence-corrected chi connectivity index (χ3v) is 1.47. The predicted molar refractivity (Wildman–Crippen MR) is 34.4 cm³/mol. The first-order chi connectivity index (χ1) is 3.80. The molecule has 0 saturated carbocycles. The Kier molecular flexibility index (Phi) is 1.58. The van der Waals surface area contributed by atoms with Crippen LogP contribution < -0.4 is 0 Å². The van der Waals surface area contributed by atoms with E-state index in [0.717, 1.165) is 17.6 Å². The van der Waals surface area contributed by atoms with E-state index in [2.05, 4.69) is 12.6 Å². The molecule has 1 heterocycles. The molecule has 2 nitrogen and oxygen atoms in total. The number of allylic oxidation sites excluding steroid dienone is 1. The molecule has 0 unspecified atom stereocenters. The Bertz CT molecular complexity index is 151. The van der Waals surface area contributed by atoms with Crippen molar-refractivity contribution < 1.29 is 9.95 Å². The number of thiol groups is 1. The topological polar surface area (TPSA) is 23.2 Å².